The van der Waals surface area contributed by atoms with Gasteiger partial charge in [-0.1, -0.05) is 19.3 Å². The Morgan fingerprint density at radius 2 is 1.79 bits per heavy atom. The van der Waals surface area contributed by atoms with Crippen LogP contribution in [0.5, 0.6) is 0 Å². The van der Waals surface area contributed by atoms with Gasteiger partial charge in [0.05, 0.1) is 5.39 Å². The van der Waals surface area contributed by atoms with Crippen LogP contribution < -0.4 is 10.2 Å². The van der Waals surface area contributed by atoms with Crippen LogP contribution in [0.1, 0.15) is 69.2 Å². The zero-order valence-corrected chi connectivity index (χ0v) is 21.3. The first-order valence-corrected chi connectivity index (χ1v) is 13.3. The topological polar surface area (TPSA) is 78.4 Å². The first-order valence-electron chi connectivity index (χ1n) is 12.5. The molecule has 0 unspecified atom stereocenters. The quantitative estimate of drug-likeness (QED) is 0.683. The Morgan fingerprint density at radius 3 is 2.42 bits per heavy atom. The molecule has 2 aromatic heterocycles. The molecule has 1 aliphatic carbocycles. The summed E-state index contributed by atoms with van der Waals surface area (Å²) in [6, 6.07) is 0. The van der Waals surface area contributed by atoms with Crippen LogP contribution in [0.3, 0.4) is 0 Å². The van der Waals surface area contributed by atoms with Gasteiger partial charge in [0.1, 0.15) is 22.5 Å². The fourth-order valence-electron chi connectivity index (χ4n) is 5.46. The Bertz CT molecular complexity index is 1000. The molecule has 7 nitrogen and oxygen atoms in total. The molecule has 2 amide bonds. The molecule has 33 heavy (non-hydrogen) atoms. The summed E-state index contributed by atoms with van der Waals surface area (Å²) in [4.78, 5) is 42.3. The van der Waals surface area contributed by atoms with Gasteiger partial charge in [-0.05, 0) is 58.9 Å². The highest BCUT2D eigenvalue weighted by molar-refractivity contribution is 7.18. The molecule has 4 rings (SSSR count). The second-order valence-electron chi connectivity index (χ2n) is 9.53. The number of nitrogens with zero attached hydrogens (tertiary/aromatic N) is 4. The van der Waals surface area contributed by atoms with Gasteiger partial charge in [0.2, 0.25) is 11.8 Å². The van der Waals surface area contributed by atoms with Crippen LogP contribution in [-0.4, -0.2) is 58.4 Å². The van der Waals surface area contributed by atoms with E-state index in [-0.39, 0.29) is 17.7 Å². The fraction of sp³-hybridized carbons (Fsp3) is 0.680. The number of fused-ring (bicyclic) bond motifs is 1. The lowest BCUT2D eigenvalue weighted by Crippen LogP contribution is -2.61. The number of carbonyl (C=O) groups excluding carboxylic acids is 2. The molecule has 8 heteroatoms. The largest absolute Gasteiger partial charge is 0.356 e. The van der Waals surface area contributed by atoms with E-state index in [0.717, 1.165) is 74.1 Å². The maximum atomic E-state index is 13.4. The minimum absolute atomic E-state index is 0.0486. The van der Waals surface area contributed by atoms with Crippen molar-refractivity contribution in [3.05, 3.63) is 16.8 Å². The molecule has 2 aromatic rings. The Labute approximate surface area is 201 Å². The second-order valence-corrected chi connectivity index (χ2v) is 10.7. The SMILES string of the molecule is CCN(CC)C(=O)C1(NC(=O)C2CCN(c3ncnc4sc(C)c(C)c34)CC2)CCCCC1. The summed E-state index contributed by atoms with van der Waals surface area (Å²) in [6.07, 6.45) is 7.83. The Kier molecular flexibility index (Phi) is 7.22. The van der Waals surface area contributed by atoms with Crippen LogP contribution in [-0.2, 0) is 9.59 Å². The van der Waals surface area contributed by atoms with E-state index in [1.165, 1.54) is 10.4 Å². The first kappa shape index (κ1) is 23.9. The van der Waals surface area contributed by atoms with Crippen LogP contribution in [0.15, 0.2) is 6.33 Å². The Morgan fingerprint density at radius 1 is 1.12 bits per heavy atom. The predicted octanol–water partition coefficient (Wildman–Crippen LogP) is 4.21. The number of hydrogen-bond donors (Lipinski definition) is 1. The van der Waals surface area contributed by atoms with Gasteiger partial charge in [0.15, 0.2) is 0 Å². The zero-order valence-electron chi connectivity index (χ0n) is 20.4. The number of likely N-dealkylation sites (N-methyl/N-ethyl adjacent to an activating group) is 1. The van der Waals surface area contributed by atoms with Crippen LogP contribution in [0.2, 0.25) is 0 Å². The van der Waals surface area contributed by atoms with E-state index in [4.69, 9.17) is 0 Å². The summed E-state index contributed by atoms with van der Waals surface area (Å²) in [5.74, 6) is 1.07. The van der Waals surface area contributed by atoms with Crippen LogP contribution in [0, 0.1) is 19.8 Å². The number of amides is 2. The maximum absolute atomic E-state index is 13.4. The van der Waals surface area contributed by atoms with Crippen LogP contribution in [0.25, 0.3) is 10.2 Å². The van der Waals surface area contributed by atoms with Crippen LogP contribution in [0.4, 0.5) is 5.82 Å². The summed E-state index contributed by atoms with van der Waals surface area (Å²) in [6.45, 7) is 11.2. The highest BCUT2D eigenvalue weighted by Crippen LogP contribution is 2.36. The van der Waals surface area contributed by atoms with E-state index in [2.05, 4.69) is 34.0 Å². The van der Waals surface area contributed by atoms with Crippen molar-refractivity contribution in [1.29, 1.82) is 0 Å². The number of anilines is 1. The maximum Gasteiger partial charge on any atom is 0.248 e. The molecule has 0 bridgehead atoms. The summed E-state index contributed by atoms with van der Waals surface area (Å²) in [5, 5.41) is 4.42. The third-order valence-corrected chi connectivity index (χ3v) is 8.76. The predicted molar refractivity (Wildman–Crippen MR) is 134 cm³/mol. The number of nitrogens with one attached hydrogen (secondary N) is 1. The van der Waals surface area contributed by atoms with Crippen molar-refractivity contribution in [2.45, 2.75) is 78.2 Å². The lowest BCUT2D eigenvalue weighted by molar-refractivity contribution is -0.144. The molecule has 1 saturated carbocycles. The third-order valence-electron chi connectivity index (χ3n) is 7.64. The van der Waals surface area contributed by atoms with Crippen molar-refractivity contribution in [2.75, 3.05) is 31.1 Å². The molecule has 0 aromatic carbocycles. The highest BCUT2D eigenvalue weighted by atomic mass is 32.1. The van der Waals surface area contributed by atoms with Gasteiger partial charge in [-0.3, -0.25) is 9.59 Å². The van der Waals surface area contributed by atoms with Crippen molar-refractivity contribution in [2.24, 2.45) is 5.92 Å². The number of rotatable bonds is 6. The van der Waals surface area contributed by atoms with Gasteiger partial charge in [0, 0.05) is 37.0 Å². The van der Waals surface area contributed by atoms with E-state index in [1.807, 2.05) is 18.7 Å². The van der Waals surface area contributed by atoms with Gasteiger partial charge in [-0.15, -0.1) is 11.3 Å². The number of hydrogen-bond acceptors (Lipinski definition) is 6. The van der Waals surface area contributed by atoms with Gasteiger partial charge < -0.3 is 15.1 Å². The fourth-order valence-corrected chi connectivity index (χ4v) is 6.45. The van der Waals surface area contributed by atoms with Crippen molar-refractivity contribution >= 4 is 39.2 Å². The molecule has 2 fully saturated rings. The number of carbonyl (C=O) groups is 2. The molecule has 1 aliphatic heterocycles. The first-order chi connectivity index (χ1) is 15.9. The summed E-state index contributed by atoms with van der Waals surface area (Å²) >= 11 is 1.71. The van der Waals surface area contributed by atoms with E-state index < -0.39 is 5.54 Å². The van der Waals surface area contributed by atoms with E-state index in [9.17, 15) is 9.59 Å². The van der Waals surface area contributed by atoms with Crippen molar-refractivity contribution in [3.63, 3.8) is 0 Å². The molecule has 2 aliphatic rings. The standard InChI is InChI=1S/C25H37N5O2S/c1-5-29(6-2)24(32)25(12-8-7-9-13-25)28-22(31)19-10-14-30(15-11-19)21-20-17(3)18(4)33-23(20)27-16-26-21/h16,19H,5-15H2,1-4H3,(H,28,31). The lowest BCUT2D eigenvalue weighted by Gasteiger charge is -2.41. The minimum atomic E-state index is -0.720. The van der Waals surface area contributed by atoms with E-state index in [0.29, 0.717) is 13.1 Å². The monoisotopic (exact) mass is 471 g/mol. The molecule has 3 heterocycles. The van der Waals surface area contributed by atoms with Crippen molar-refractivity contribution in [1.82, 2.24) is 20.2 Å². The van der Waals surface area contributed by atoms with Crippen molar-refractivity contribution < 1.29 is 9.59 Å². The molecular formula is C25H37N5O2S. The van der Waals surface area contributed by atoms with Gasteiger partial charge in [0.25, 0.3) is 0 Å². The third kappa shape index (κ3) is 4.59. The zero-order chi connectivity index (χ0) is 23.6. The normalized spacial score (nSPS) is 19.0. The van der Waals surface area contributed by atoms with Crippen LogP contribution >= 0.6 is 11.3 Å². The average molecular weight is 472 g/mol. The van der Waals surface area contributed by atoms with E-state index >= 15 is 0 Å². The minimum Gasteiger partial charge on any atom is -0.356 e. The summed E-state index contributed by atoms with van der Waals surface area (Å²) < 4.78 is 0. The lowest BCUT2D eigenvalue weighted by atomic mass is 9.79. The number of piperidine rings is 1. The molecule has 180 valence electrons. The molecule has 0 atom stereocenters. The molecular weight excluding hydrogens is 434 g/mol. The Hall–Kier alpha value is -2.22. The van der Waals surface area contributed by atoms with Gasteiger partial charge in [-0.2, -0.15) is 0 Å². The highest BCUT2D eigenvalue weighted by Gasteiger charge is 2.44. The summed E-state index contributed by atoms with van der Waals surface area (Å²) in [5.41, 5.74) is 0.530. The molecule has 0 radical (unpaired) electrons. The molecule has 1 N–H and O–H groups in total. The van der Waals surface area contributed by atoms with Gasteiger partial charge >= 0.3 is 0 Å². The summed E-state index contributed by atoms with van der Waals surface area (Å²) in [7, 11) is 0. The smallest absolute Gasteiger partial charge is 0.248 e. The van der Waals surface area contributed by atoms with E-state index in [1.54, 1.807) is 17.7 Å². The van der Waals surface area contributed by atoms with Gasteiger partial charge in [-0.25, -0.2) is 9.97 Å². The number of aryl methyl sites for hydroxylation is 2. The Balaban J connectivity index is 1.45. The molecule has 1 saturated heterocycles. The second kappa shape index (κ2) is 9.95. The van der Waals surface area contributed by atoms with Crippen molar-refractivity contribution in [3.8, 4) is 0 Å². The molecule has 0 spiro atoms. The number of aromatic nitrogens is 2. The number of thiophene rings is 1. The average Bonchev–Trinajstić information content (AvgIpc) is 3.14.